The molecule has 0 spiro atoms. The Morgan fingerprint density at radius 2 is 1.43 bits per heavy atom. The first-order valence-corrected chi connectivity index (χ1v) is 15.2. The standard InChI is InChI=1S/C17H13BrN2O2.C15H10BrNO2.F4N/c1-10(21)22-16-9-20-15-7-6-11(18)8-14(15)12-4-2-3-5-13(12)17(20)19-16;16-10-5-6-14-13(9-10)11-3-1-2-4-12(11)15(19)17(14)7-8-18;1-5(2,3)4/h2-8,16H,9H2,1H3;1-6,8-9H,7H2;/q;;+1/p+1. The van der Waals surface area contributed by atoms with Gasteiger partial charge in [-0.1, -0.05) is 68.3 Å². The summed E-state index contributed by atoms with van der Waals surface area (Å²) < 4.78 is 49.5. The first-order valence-electron chi connectivity index (χ1n) is 13.7. The van der Waals surface area contributed by atoms with Gasteiger partial charge >= 0.3 is 11.3 Å². The number of benzene rings is 4. The first-order chi connectivity index (χ1) is 21.9. The fourth-order valence-corrected chi connectivity index (χ4v) is 6.22. The summed E-state index contributed by atoms with van der Waals surface area (Å²) >= 11 is 6.99. The van der Waals surface area contributed by atoms with Crippen LogP contribution in [0.1, 0.15) is 6.92 Å². The molecule has 1 unspecified atom stereocenters. The number of hydrogen-bond acceptors (Lipinski definition) is 5. The zero-order valence-corrected chi connectivity index (χ0v) is 27.1. The number of anilines is 1. The van der Waals surface area contributed by atoms with Gasteiger partial charge in [0, 0.05) is 37.4 Å². The quantitative estimate of drug-likeness (QED) is 0.0497. The van der Waals surface area contributed by atoms with Crippen LogP contribution in [0.15, 0.2) is 98.7 Å². The molecule has 2 aromatic heterocycles. The Bertz CT molecular complexity index is 2190. The molecule has 236 valence electrons. The Balaban J connectivity index is 0.000000160. The van der Waals surface area contributed by atoms with Gasteiger partial charge in [0.15, 0.2) is 6.54 Å². The van der Waals surface area contributed by atoms with E-state index in [1.54, 1.807) is 6.07 Å². The molecule has 0 saturated carbocycles. The van der Waals surface area contributed by atoms with E-state index in [-0.39, 0.29) is 24.3 Å². The van der Waals surface area contributed by atoms with Gasteiger partial charge in [-0.3, -0.25) is 9.59 Å². The van der Waals surface area contributed by atoms with Crippen LogP contribution in [0.5, 0.6) is 0 Å². The Labute approximate surface area is 275 Å². The molecule has 0 saturated heterocycles. The van der Waals surface area contributed by atoms with E-state index in [9.17, 15) is 32.3 Å². The number of nitrogens with one attached hydrogen (secondary N) is 1. The van der Waals surface area contributed by atoms with E-state index in [2.05, 4.69) is 66.0 Å². The SMILES string of the molecule is CC(=O)OC1C[n+]2c(c3ccccc3c3cc(Br)ccc32)N1.F[N+](F)(F)F.O=CCn1c(=O)c2ccccc2c2cc(Br)ccc21. The molecule has 0 amide bonds. The molecule has 1 N–H and O–H groups in total. The van der Waals surface area contributed by atoms with Gasteiger partial charge in [-0.25, -0.2) is 9.88 Å². The van der Waals surface area contributed by atoms with E-state index in [1.165, 1.54) is 22.3 Å². The molecular weight excluding hydrogens is 740 g/mol. The maximum Gasteiger partial charge on any atom is 0.440 e. The number of hydrogen-bond donors (Lipinski definition) is 1. The molecule has 0 aliphatic carbocycles. The molecule has 46 heavy (non-hydrogen) atoms. The third kappa shape index (κ3) is 7.19. The number of ether oxygens (including phenoxy) is 1. The molecule has 6 aromatic rings. The Kier molecular flexibility index (Phi) is 9.70. The number of halogens is 6. The Hall–Kier alpha value is -4.40. The van der Waals surface area contributed by atoms with Crippen LogP contribution in [0.3, 0.4) is 0 Å². The summed E-state index contributed by atoms with van der Waals surface area (Å²) in [7, 11) is 0. The van der Waals surface area contributed by atoms with Crippen LogP contribution in [-0.4, -0.2) is 28.4 Å². The number of aromatic nitrogens is 2. The molecule has 4 aromatic carbocycles. The van der Waals surface area contributed by atoms with Crippen LogP contribution in [0.25, 0.3) is 43.4 Å². The van der Waals surface area contributed by atoms with Crippen molar-refractivity contribution in [3.63, 3.8) is 0 Å². The van der Waals surface area contributed by atoms with Crippen LogP contribution in [0.2, 0.25) is 0 Å². The van der Waals surface area contributed by atoms with Crippen molar-refractivity contribution >= 4 is 93.3 Å². The van der Waals surface area contributed by atoms with Gasteiger partial charge < -0.3 is 14.1 Å². The normalized spacial score (nSPS) is 13.8. The van der Waals surface area contributed by atoms with Crippen LogP contribution < -0.4 is 15.4 Å². The highest BCUT2D eigenvalue weighted by Crippen LogP contribution is 2.32. The van der Waals surface area contributed by atoms with Crippen molar-refractivity contribution in [2.24, 2.45) is 0 Å². The number of rotatable bonds is 3. The minimum Gasteiger partial charge on any atom is -0.418 e. The second kappa shape index (κ2) is 13.5. The molecule has 1 atom stereocenters. The minimum atomic E-state index is -5.00. The fraction of sp³-hybridized carbons (Fsp3) is 0.125. The number of quaternary nitrogens is 1. The highest BCUT2D eigenvalue weighted by molar-refractivity contribution is 9.10. The van der Waals surface area contributed by atoms with E-state index in [0.717, 1.165) is 48.2 Å². The lowest BCUT2D eigenvalue weighted by atomic mass is 10.1. The van der Waals surface area contributed by atoms with Crippen LogP contribution in [0, 0.1) is 0 Å². The summed E-state index contributed by atoms with van der Waals surface area (Å²) in [5, 5.41) is 4.32. The lowest BCUT2D eigenvalue weighted by Crippen LogP contribution is -2.35. The highest BCUT2D eigenvalue weighted by Gasteiger charge is 2.34. The average molecular weight is 764 g/mol. The summed E-state index contributed by atoms with van der Waals surface area (Å²) in [6.45, 7) is 2.11. The van der Waals surface area contributed by atoms with Gasteiger partial charge in [-0.2, -0.15) is 0 Å². The monoisotopic (exact) mass is 762 g/mol. The summed E-state index contributed by atoms with van der Waals surface area (Å²) in [6, 6.07) is 27.7. The van der Waals surface area contributed by atoms with Gasteiger partial charge in [-0.15, -0.1) is 0 Å². The molecule has 8 nitrogen and oxygen atoms in total. The van der Waals surface area contributed by atoms with Gasteiger partial charge in [-0.05, 0) is 53.9 Å². The molecule has 3 heterocycles. The number of carbonyl (C=O) groups excluding carboxylic acids is 2. The fourth-order valence-electron chi connectivity index (χ4n) is 5.50. The topological polar surface area (TPSA) is 81.3 Å². The molecule has 1 aliphatic heterocycles. The smallest absolute Gasteiger partial charge is 0.418 e. The largest absolute Gasteiger partial charge is 0.440 e. The second-order valence-corrected chi connectivity index (χ2v) is 11.9. The van der Waals surface area contributed by atoms with Crippen LogP contribution in [-0.2, 0) is 27.4 Å². The van der Waals surface area contributed by atoms with Crippen molar-refractivity contribution in [1.29, 1.82) is 0 Å². The van der Waals surface area contributed by atoms with Gasteiger partial charge in [0.1, 0.15) is 29.7 Å². The van der Waals surface area contributed by atoms with Crippen molar-refractivity contribution in [2.75, 3.05) is 5.32 Å². The van der Waals surface area contributed by atoms with E-state index < -0.39 is 5.37 Å². The van der Waals surface area contributed by atoms with Crippen LogP contribution >= 0.6 is 31.9 Å². The van der Waals surface area contributed by atoms with E-state index in [1.807, 2.05) is 54.6 Å². The number of fused-ring (bicyclic) bond motifs is 9. The maximum absolute atomic E-state index is 12.4. The number of aldehydes is 1. The zero-order chi connectivity index (χ0) is 33.2. The van der Waals surface area contributed by atoms with E-state index in [0.29, 0.717) is 11.9 Å². The Morgan fingerprint density at radius 3 is 2.04 bits per heavy atom. The van der Waals surface area contributed by atoms with Crippen molar-refractivity contribution in [1.82, 2.24) is 4.57 Å². The summed E-state index contributed by atoms with van der Waals surface area (Å²) in [5.74, 6) is 0.721. The third-order valence-corrected chi connectivity index (χ3v) is 8.13. The summed E-state index contributed by atoms with van der Waals surface area (Å²) in [4.78, 5) is 34.5. The predicted octanol–water partition coefficient (Wildman–Crippen LogP) is 7.82. The number of nitrogens with zero attached hydrogens (tertiary/aromatic N) is 3. The predicted molar refractivity (Wildman–Crippen MR) is 173 cm³/mol. The average Bonchev–Trinajstić information content (AvgIpc) is 3.42. The van der Waals surface area contributed by atoms with E-state index in [4.69, 9.17) is 4.74 Å². The highest BCUT2D eigenvalue weighted by atomic mass is 79.9. The molecular formula is C32H24Br2F4N4O4+2. The van der Waals surface area contributed by atoms with Crippen molar-refractivity contribution < 1.29 is 42.2 Å². The van der Waals surface area contributed by atoms with Gasteiger partial charge in [0.05, 0.1) is 17.4 Å². The first kappa shape index (κ1) is 33.0. The van der Waals surface area contributed by atoms with Crippen molar-refractivity contribution in [3.05, 3.63) is 104 Å². The van der Waals surface area contributed by atoms with E-state index >= 15 is 0 Å². The molecule has 0 fully saturated rings. The molecule has 14 heteroatoms. The van der Waals surface area contributed by atoms with Gasteiger partial charge in [0.2, 0.25) is 0 Å². The Morgan fingerprint density at radius 1 is 0.891 bits per heavy atom. The summed E-state index contributed by atoms with van der Waals surface area (Å²) in [6.07, 6.45) is 0.424. The number of pyridine rings is 2. The molecule has 1 aliphatic rings. The number of esters is 1. The summed E-state index contributed by atoms with van der Waals surface area (Å²) in [5.41, 5.74) is 1.77. The van der Waals surface area contributed by atoms with Crippen molar-refractivity contribution in [2.45, 2.75) is 26.2 Å². The second-order valence-electron chi connectivity index (χ2n) is 10.1. The third-order valence-electron chi connectivity index (χ3n) is 7.15. The van der Waals surface area contributed by atoms with Crippen molar-refractivity contribution in [3.8, 4) is 0 Å². The lowest BCUT2D eigenvalue weighted by molar-refractivity contribution is -1.36. The number of carbonyl (C=O) groups is 2. The molecule has 0 bridgehead atoms. The molecule has 0 radical (unpaired) electrons. The minimum absolute atomic E-state index is 0.0712. The lowest BCUT2D eigenvalue weighted by Gasteiger charge is -2.11. The zero-order valence-electron chi connectivity index (χ0n) is 23.9. The molecule has 7 rings (SSSR count). The maximum atomic E-state index is 12.4. The van der Waals surface area contributed by atoms with Gasteiger partial charge in [0.25, 0.3) is 17.6 Å². The van der Waals surface area contributed by atoms with Crippen LogP contribution in [0.4, 0.5) is 23.7 Å².